The Morgan fingerprint density at radius 3 is 2.40 bits per heavy atom. The lowest BCUT2D eigenvalue weighted by atomic mass is 10.0. The Kier molecular flexibility index (Phi) is 9.17. The zero-order valence-electron chi connectivity index (χ0n) is 10.1. The van der Waals surface area contributed by atoms with Crippen LogP contribution in [0.5, 0.6) is 0 Å². The predicted octanol–water partition coefficient (Wildman–Crippen LogP) is 4.21. The minimum atomic E-state index is -0.952. The Balaban J connectivity index is 3.55. The third-order valence-corrected chi connectivity index (χ3v) is 3.47. The first kappa shape index (κ1) is 14.9. The van der Waals surface area contributed by atoms with Gasteiger partial charge in [-0.1, -0.05) is 57.7 Å². The Morgan fingerprint density at radius 1 is 1.27 bits per heavy atom. The van der Waals surface area contributed by atoms with E-state index < -0.39 is 12.1 Å². The van der Waals surface area contributed by atoms with Gasteiger partial charge in [-0.15, -0.1) is 0 Å². The molecule has 0 amide bonds. The smallest absolute Gasteiger partial charge is 0.194 e. The summed E-state index contributed by atoms with van der Waals surface area (Å²) in [5.41, 5.74) is 0. The number of alkyl halides is 1. The van der Waals surface area contributed by atoms with Crippen LogP contribution in [-0.2, 0) is 4.79 Å². The molecule has 0 fully saturated rings. The SMILES string of the molecule is CCCCCCC[C@H](F)[C@@H](C)C(=O)SC. The Labute approximate surface area is 97.2 Å². The number of hydrogen-bond acceptors (Lipinski definition) is 2. The molecule has 0 aromatic heterocycles. The molecule has 0 saturated carbocycles. The van der Waals surface area contributed by atoms with Gasteiger partial charge in [-0.2, -0.15) is 0 Å². The van der Waals surface area contributed by atoms with Crippen molar-refractivity contribution < 1.29 is 9.18 Å². The van der Waals surface area contributed by atoms with Crippen molar-refractivity contribution in [1.29, 1.82) is 0 Å². The first-order valence-electron chi connectivity index (χ1n) is 5.85. The minimum absolute atomic E-state index is 0.0314. The van der Waals surface area contributed by atoms with E-state index in [2.05, 4.69) is 6.92 Å². The molecule has 90 valence electrons. The van der Waals surface area contributed by atoms with Crippen molar-refractivity contribution in [3.8, 4) is 0 Å². The molecule has 0 unspecified atom stereocenters. The first-order chi connectivity index (χ1) is 7.13. The Hall–Kier alpha value is -0.0500. The largest absolute Gasteiger partial charge is 0.287 e. The Bertz CT molecular complexity index is 173. The van der Waals surface area contributed by atoms with Gasteiger partial charge in [0.05, 0.1) is 5.92 Å². The van der Waals surface area contributed by atoms with Crippen LogP contribution in [0.4, 0.5) is 4.39 Å². The second-order valence-electron chi connectivity index (χ2n) is 4.03. The molecule has 0 N–H and O–H groups in total. The standard InChI is InChI=1S/C12H23FOS/c1-4-5-6-7-8-9-11(13)10(2)12(14)15-3/h10-11H,4-9H2,1-3H3/t10-,11+/m1/s1. The van der Waals surface area contributed by atoms with Crippen LogP contribution in [0.25, 0.3) is 0 Å². The molecule has 0 rings (SSSR count). The van der Waals surface area contributed by atoms with Gasteiger partial charge in [0, 0.05) is 0 Å². The molecule has 0 aromatic carbocycles. The molecular weight excluding hydrogens is 211 g/mol. The van der Waals surface area contributed by atoms with E-state index >= 15 is 0 Å². The lowest BCUT2D eigenvalue weighted by Crippen LogP contribution is -2.19. The number of thioether (sulfide) groups is 1. The molecule has 2 atom stereocenters. The molecule has 0 aromatic rings. The second-order valence-corrected chi connectivity index (χ2v) is 4.84. The predicted molar refractivity (Wildman–Crippen MR) is 66.0 cm³/mol. The summed E-state index contributed by atoms with van der Waals surface area (Å²) in [7, 11) is 0. The Morgan fingerprint density at radius 2 is 1.87 bits per heavy atom. The minimum Gasteiger partial charge on any atom is -0.287 e. The highest BCUT2D eigenvalue weighted by molar-refractivity contribution is 8.13. The fourth-order valence-corrected chi connectivity index (χ4v) is 2.05. The highest BCUT2D eigenvalue weighted by Gasteiger charge is 2.22. The van der Waals surface area contributed by atoms with E-state index in [4.69, 9.17) is 0 Å². The van der Waals surface area contributed by atoms with Gasteiger partial charge in [0.2, 0.25) is 0 Å². The van der Waals surface area contributed by atoms with E-state index in [0.717, 1.165) is 24.6 Å². The molecule has 0 aliphatic heterocycles. The molecule has 0 aliphatic carbocycles. The van der Waals surface area contributed by atoms with Crippen molar-refractivity contribution in [3.05, 3.63) is 0 Å². The molecule has 0 heterocycles. The monoisotopic (exact) mass is 234 g/mol. The van der Waals surface area contributed by atoms with Crippen molar-refractivity contribution in [2.75, 3.05) is 6.26 Å². The van der Waals surface area contributed by atoms with Crippen LogP contribution < -0.4 is 0 Å². The van der Waals surface area contributed by atoms with Gasteiger partial charge in [0.15, 0.2) is 5.12 Å². The molecule has 3 heteroatoms. The summed E-state index contributed by atoms with van der Waals surface area (Å²) in [6.07, 6.45) is 6.93. The lowest BCUT2D eigenvalue weighted by molar-refractivity contribution is -0.115. The van der Waals surface area contributed by atoms with E-state index in [1.165, 1.54) is 19.3 Å². The molecule has 1 nitrogen and oxygen atoms in total. The molecule has 15 heavy (non-hydrogen) atoms. The third kappa shape index (κ3) is 6.93. The van der Waals surface area contributed by atoms with Crippen LogP contribution in [0.15, 0.2) is 0 Å². The zero-order chi connectivity index (χ0) is 11.7. The number of hydrogen-bond donors (Lipinski definition) is 0. The summed E-state index contributed by atoms with van der Waals surface area (Å²) in [6, 6.07) is 0. The van der Waals surface area contributed by atoms with E-state index in [0.29, 0.717) is 6.42 Å². The average molecular weight is 234 g/mol. The van der Waals surface area contributed by atoms with Gasteiger partial charge in [0.25, 0.3) is 0 Å². The molecular formula is C12H23FOS. The van der Waals surface area contributed by atoms with Crippen molar-refractivity contribution in [3.63, 3.8) is 0 Å². The first-order valence-corrected chi connectivity index (χ1v) is 7.07. The molecule has 0 radical (unpaired) electrons. The van der Waals surface area contributed by atoms with Crippen molar-refractivity contribution in [2.45, 2.75) is 58.5 Å². The van der Waals surface area contributed by atoms with E-state index in [1.54, 1.807) is 13.2 Å². The van der Waals surface area contributed by atoms with Gasteiger partial charge in [-0.3, -0.25) is 4.79 Å². The van der Waals surface area contributed by atoms with E-state index in [1.807, 2.05) is 0 Å². The number of rotatable bonds is 8. The normalized spacial score (nSPS) is 14.9. The molecule has 0 aliphatic rings. The van der Waals surface area contributed by atoms with Crippen molar-refractivity contribution in [2.24, 2.45) is 5.92 Å². The average Bonchev–Trinajstić information content (AvgIpc) is 2.26. The number of carbonyl (C=O) groups excluding carboxylic acids is 1. The van der Waals surface area contributed by atoms with Crippen LogP contribution in [0.1, 0.15) is 52.4 Å². The molecule has 0 saturated heterocycles. The van der Waals surface area contributed by atoms with Crippen LogP contribution in [0, 0.1) is 5.92 Å². The van der Waals surface area contributed by atoms with Crippen LogP contribution in [-0.4, -0.2) is 17.5 Å². The highest BCUT2D eigenvalue weighted by atomic mass is 32.2. The lowest BCUT2D eigenvalue weighted by Gasteiger charge is -2.13. The summed E-state index contributed by atoms with van der Waals surface area (Å²) in [4.78, 5) is 11.2. The van der Waals surface area contributed by atoms with Gasteiger partial charge < -0.3 is 0 Å². The van der Waals surface area contributed by atoms with Crippen LogP contribution in [0.3, 0.4) is 0 Å². The van der Waals surface area contributed by atoms with Crippen LogP contribution >= 0.6 is 11.8 Å². The maximum Gasteiger partial charge on any atom is 0.194 e. The van der Waals surface area contributed by atoms with Gasteiger partial charge in [-0.25, -0.2) is 4.39 Å². The summed E-state index contributed by atoms with van der Waals surface area (Å²) in [6.45, 7) is 3.85. The second kappa shape index (κ2) is 9.20. The number of carbonyl (C=O) groups is 1. The maximum atomic E-state index is 13.5. The quantitative estimate of drug-likeness (QED) is 0.585. The molecule has 0 bridgehead atoms. The number of halogens is 1. The zero-order valence-corrected chi connectivity index (χ0v) is 10.9. The van der Waals surface area contributed by atoms with Crippen LogP contribution in [0.2, 0.25) is 0 Å². The van der Waals surface area contributed by atoms with E-state index in [-0.39, 0.29) is 5.12 Å². The number of unbranched alkanes of at least 4 members (excludes halogenated alkanes) is 4. The topological polar surface area (TPSA) is 17.1 Å². The van der Waals surface area contributed by atoms with E-state index in [9.17, 15) is 9.18 Å². The van der Waals surface area contributed by atoms with Gasteiger partial charge in [0.1, 0.15) is 6.17 Å². The summed E-state index contributed by atoms with van der Waals surface area (Å²) < 4.78 is 13.5. The molecule has 0 spiro atoms. The van der Waals surface area contributed by atoms with Gasteiger partial charge in [-0.05, 0) is 12.7 Å². The fraction of sp³-hybridized carbons (Fsp3) is 0.917. The van der Waals surface area contributed by atoms with Crippen molar-refractivity contribution >= 4 is 16.9 Å². The third-order valence-electron chi connectivity index (χ3n) is 2.70. The highest BCUT2D eigenvalue weighted by Crippen LogP contribution is 2.20. The fourth-order valence-electron chi connectivity index (χ4n) is 1.53. The van der Waals surface area contributed by atoms with Crippen molar-refractivity contribution in [1.82, 2.24) is 0 Å². The summed E-state index contributed by atoms with van der Waals surface area (Å²) in [5.74, 6) is -0.439. The summed E-state index contributed by atoms with van der Waals surface area (Å²) >= 11 is 1.13. The van der Waals surface area contributed by atoms with Gasteiger partial charge >= 0.3 is 0 Å². The maximum absolute atomic E-state index is 13.5. The summed E-state index contributed by atoms with van der Waals surface area (Å²) in [5, 5.41) is -0.0314.